The third-order valence-corrected chi connectivity index (χ3v) is 7.16. The van der Waals surface area contributed by atoms with Gasteiger partial charge >= 0.3 is 0 Å². The van der Waals surface area contributed by atoms with Crippen LogP contribution < -0.4 is 5.73 Å². The molecule has 0 aromatic heterocycles. The highest BCUT2D eigenvalue weighted by Gasteiger charge is 2.72. The van der Waals surface area contributed by atoms with Gasteiger partial charge in [0.25, 0.3) is 17.5 Å². The van der Waals surface area contributed by atoms with E-state index in [1.807, 2.05) is 48.5 Å². The van der Waals surface area contributed by atoms with Gasteiger partial charge in [-0.05, 0) is 54.9 Å². The zero-order valence-corrected chi connectivity index (χ0v) is 27.7. The van der Waals surface area contributed by atoms with Gasteiger partial charge in [-0.3, -0.25) is 5.73 Å². The highest BCUT2D eigenvalue weighted by atomic mass is 16.8. The molecule has 0 spiro atoms. The first-order valence-corrected chi connectivity index (χ1v) is 16.6. The quantitative estimate of drug-likeness (QED) is 0.0686. The van der Waals surface area contributed by atoms with Crippen LogP contribution in [-0.2, 0) is 33.2 Å². The fraction of sp³-hybridized carbons (Fsp3) is 1.00. The Hall–Kier alpha value is -0.320. The molecule has 0 fully saturated rings. The topological polar surface area (TPSA) is 90.6 Å². The summed E-state index contributed by atoms with van der Waals surface area (Å²) in [7, 11) is 0. The summed E-state index contributed by atoms with van der Waals surface area (Å²) in [6.07, 6.45) is 15.5. The van der Waals surface area contributed by atoms with E-state index in [-0.39, 0.29) is 26.4 Å². The summed E-state index contributed by atoms with van der Waals surface area (Å²) in [5.74, 6) is -5.09. The van der Waals surface area contributed by atoms with Gasteiger partial charge in [0.1, 0.15) is 6.10 Å². The number of rotatable bonds is 30. The second kappa shape index (κ2) is 24.2. The molecule has 0 saturated carbocycles. The molecule has 0 aromatic carbocycles. The highest BCUT2D eigenvalue weighted by molar-refractivity contribution is 5.04. The molecule has 0 radical (unpaired) electrons. The monoisotopic (exact) mass is 577 g/mol. The van der Waals surface area contributed by atoms with Crippen molar-refractivity contribution in [3.63, 3.8) is 0 Å². The molecule has 0 aromatic rings. The lowest BCUT2D eigenvalue weighted by molar-refractivity contribution is -0.507. The minimum absolute atomic E-state index is 0.276. The first kappa shape index (κ1) is 39.7. The normalized spacial score (nSPS) is 13.7. The predicted molar refractivity (Wildman–Crippen MR) is 163 cm³/mol. The van der Waals surface area contributed by atoms with Crippen molar-refractivity contribution >= 4 is 0 Å². The largest absolute Gasteiger partial charge is 0.373 e. The first-order valence-electron chi connectivity index (χ1n) is 16.6. The maximum Gasteiger partial charge on any atom is 0.298 e. The van der Waals surface area contributed by atoms with Crippen molar-refractivity contribution < 1.29 is 33.2 Å². The first-order chi connectivity index (χ1) is 19.4. The lowest BCUT2D eigenvalue weighted by Gasteiger charge is -2.56. The van der Waals surface area contributed by atoms with E-state index in [0.29, 0.717) is 26.2 Å². The minimum atomic E-state index is -1.81. The van der Waals surface area contributed by atoms with Gasteiger partial charge in [-0.15, -0.1) is 0 Å². The lowest BCUT2D eigenvalue weighted by atomic mass is 9.90. The Morgan fingerprint density at radius 3 is 1.18 bits per heavy atom. The van der Waals surface area contributed by atoms with Crippen LogP contribution in [0.5, 0.6) is 0 Å². The molecule has 0 rings (SSSR count). The molecule has 0 heterocycles. The Morgan fingerprint density at radius 2 is 0.825 bits per heavy atom. The zero-order chi connectivity index (χ0) is 30.2. The van der Waals surface area contributed by atoms with Crippen LogP contribution in [0.3, 0.4) is 0 Å². The van der Waals surface area contributed by atoms with Gasteiger partial charge in [-0.25, -0.2) is 0 Å². The summed E-state index contributed by atoms with van der Waals surface area (Å²) in [5, 5.41) is 0. The van der Waals surface area contributed by atoms with Crippen LogP contribution >= 0.6 is 0 Å². The summed E-state index contributed by atoms with van der Waals surface area (Å²) < 4.78 is 44.4. The van der Waals surface area contributed by atoms with Crippen LogP contribution in [0.15, 0.2) is 0 Å². The second-order valence-electron chi connectivity index (χ2n) is 10.2. The molecule has 1 atom stereocenters. The Kier molecular flexibility index (Phi) is 24.0. The Balaban J connectivity index is 5.81. The van der Waals surface area contributed by atoms with Crippen molar-refractivity contribution in [3.8, 4) is 0 Å². The summed E-state index contributed by atoms with van der Waals surface area (Å²) >= 11 is 0. The van der Waals surface area contributed by atoms with Crippen molar-refractivity contribution in [3.05, 3.63) is 0 Å². The van der Waals surface area contributed by atoms with Gasteiger partial charge in [-0.1, -0.05) is 84.0 Å². The summed E-state index contributed by atoms with van der Waals surface area (Å²) in [4.78, 5) is 0. The minimum Gasteiger partial charge on any atom is -0.373 e. The van der Waals surface area contributed by atoms with Gasteiger partial charge in [0.2, 0.25) is 0 Å². The molecule has 0 amide bonds. The predicted octanol–water partition coefficient (Wildman–Crippen LogP) is 7.71. The maximum absolute atomic E-state index is 6.91. The molecule has 0 bridgehead atoms. The number of ether oxygens (including phenoxy) is 7. The van der Waals surface area contributed by atoms with Gasteiger partial charge in [-0.2, -0.15) is 0 Å². The number of hydrogen-bond donors (Lipinski definition) is 1. The van der Waals surface area contributed by atoms with E-state index < -0.39 is 23.6 Å². The molecule has 40 heavy (non-hydrogen) atoms. The molecule has 8 heteroatoms. The molecule has 0 saturated heterocycles. The van der Waals surface area contributed by atoms with E-state index >= 15 is 0 Å². The van der Waals surface area contributed by atoms with E-state index in [9.17, 15) is 0 Å². The van der Waals surface area contributed by atoms with Crippen LogP contribution in [0.1, 0.15) is 139 Å². The van der Waals surface area contributed by atoms with Crippen LogP contribution in [0.2, 0.25) is 0 Å². The molecular formula is C32H67NO7. The fourth-order valence-electron chi connectivity index (χ4n) is 5.57. The van der Waals surface area contributed by atoms with Crippen molar-refractivity contribution in [2.45, 2.75) is 162 Å². The van der Waals surface area contributed by atoms with Crippen LogP contribution in [-0.4, -0.2) is 69.8 Å². The van der Waals surface area contributed by atoms with Crippen LogP contribution in [0, 0.1) is 0 Å². The summed E-state index contributed by atoms with van der Waals surface area (Å²) in [5.41, 5.74) is 6.91. The van der Waals surface area contributed by atoms with E-state index in [4.69, 9.17) is 38.9 Å². The average molecular weight is 578 g/mol. The van der Waals surface area contributed by atoms with Gasteiger partial charge in [0.05, 0.1) is 0 Å². The molecule has 2 N–H and O–H groups in total. The van der Waals surface area contributed by atoms with Crippen molar-refractivity contribution in [2.24, 2.45) is 5.73 Å². The molecular weight excluding hydrogens is 510 g/mol. The molecule has 0 aliphatic carbocycles. The van der Waals surface area contributed by atoms with Crippen LogP contribution in [0.4, 0.5) is 0 Å². The molecule has 0 aliphatic heterocycles. The Labute approximate surface area is 247 Å². The summed E-state index contributed by atoms with van der Waals surface area (Å²) in [6, 6.07) is 0. The van der Waals surface area contributed by atoms with E-state index in [0.717, 1.165) is 12.8 Å². The molecule has 1 unspecified atom stereocenters. The highest BCUT2D eigenvalue weighted by Crippen LogP contribution is 2.46. The van der Waals surface area contributed by atoms with E-state index in [2.05, 4.69) is 6.92 Å². The van der Waals surface area contributed by atoms with E-state index in [1.54, 1.807) is 0 Å². The van der Waals surface area contributed by atoms with Gasteiger partial charge < -0.3 is 33.2 Å². The fourth-order valence-corrected chi connectivity index (χ4v) is 5.57. The molecule has 0 aliphatic rings. The zero-order valence-electron chi connectivity index (χ0n) is 27.7. The lowest BCUT2D eigenvalue weighted by Crippen LogP contribution is -2.80. The molecule has 8 nitrogen and oxygen atoms in total. The van der Waals surface area contributed by atoms with Crippen molar-refractivity contribution in [1.29, 1.82) is 0 Å². The third-order valence-electron chi connectivity index (χ3n) is 7.16. The van der Waals surface area contributed by atoms with Crippen molar-refractivity contribution in [1.82, 2.24) is 0 Å². The average Bonchev–Trinajstić information content (AvgIpc) is 2.93. The third kappa shape index (κ3) is 12.1. The molecule has 242 valence electrons. The van der Waals surface area contributed by atoms with Gasteiger partial charge in [0.15, 0.2) is 0 Å². The SMILES string of the molecule is CCCCCCCCCCCCCCC(OCC)C(OCC)(OCC)C(OCC)(OCC)C(N)(OCC)OCC. The van der Waals surface area contributed by atoms with Gasteiger partial charge in [0, 0.05) is 46.2 Å². The maximum atomic E-state index is 6.91. The van der Waals surface area contributed by atoms with Crippen LogP contribution in [0.25, 0.3) is 0 Å². The summed E-state index contributed by atoms with van der Waals surface area (Å²) in [6.45, 7) is 17.8. The number of hydrogen-bond acceptors (Lipinski definition) is 8. The second-order valence-corrected chi connectivity index (χ2v) is 10.2. The van der Waals surface area contributed by atoms with E-state index in [1.165, 1.54) is 64.2 Å². The Morgan fingerprint density at radius 1 is 0.450 bits per heavy atom. The smallest absolute Gasteiger partial charge is 0.298 e. The Bertz CT molecular complexity index is 545. The number of nitrogens with two attached hydrogens (primary N) is 1. The number of unbranched alkanes of at least 4 members (excludes halogenated alkanes) is 11. The van der Waals surface area contributed by atoms with Crippen molar-refractivity contribution in [2.75, 3.05) is 46.2 Å². The standard InChI is InChI=1S/C32H67NO7/c1-9-17-18-19-20-21-22-23-24-25-26-27-28-29(34-10-2)30(35-11-3,36-12-4)31(37-13-5,38-14-6)32(33,39-15-7)40-16-8/h29H,9-28,33H2,1-8H3.